The van der Waals surface area contributed by atoms with E-state index in [-0.39, 0.29) is 16.7 Å². The molecular formula is C7H8ClNO2. The third-order valence-electron chi connectivity index (χ3n) is 1.10. The van der Waals surface area contributed by atoms with Gasteiger partial charge in [0.1, 0.15) is 0 Å². The normalized spacial score (nSPS) is 8.45. The minimum absolute atomic E-state index is 0. The zero-order chi connectivity index (χ0) is 7.56. The number of halogens is 1. The fraction of sp³-hybridized carbons (Fsp3) is 0. The summed E-state index contributed by atoms with van der Waals surface area (Å²) >= 11 is 5.54. The molecule has 0 aromatic heterocycles. The summed E-state index contributed by atoms with van der Waals surface area (Å²) in [6.07, 6.45) is 0. The Bertz CT molecular complexity index is 262. The van der Waals surface area contributed by atoms with E-state index >= 15 is 0 Å². The molecule has 4 heteroatoms. The Morgan fingerprint density at radius 1 is 1.36 bits per heavy atom. The van der Waals surface area contributed by atoms with E-state index < -0.39 is 5.97 Å². The molecule has 4 N–H and O–H groups in total. The van der Waals surface area contributed by atoms with Gasteiger partial charge in [-0.25, -0.2) is 4.79 Å². The van der Waals surface area contributed by atoms with Crippen LogP contribution in [0.2, 0.25) is 5.02 Å². The molecule has 1 aromatic rings. The molecule has 0 saturated heterocycles. The SMILES string of the molecule is N.O=C(O)c1ccccc1Cl. The van der Waals surface area contributed by atoms with E-state index in [1.54, 1.807) is 18.2 Å². The van der Waals surface area contributed by atoms with Crippen LogP contribution in [0.15, 0.2) is 24.3 Å². The number of benzene rings is 1. The van der Waals surface area contributed by atoms with Crippen LogP contribution in [0, 0.1) is 0 Å². The maximum atomic E-state index is 10.3. The maximum absolute atomic E-state index is 10.3. The number of carbonyl (C=O) groups is 1. The van der Waals surface area contributed by atoms with Gasteiger partial charge in [0.15, 0.2) is 0 Å². The first-order chi connectivity index (χ1) is 4.72. The molecule has 1 aromatic carbocycles. The summed E-state index contributed by atoms with van der Waals surface area (Å²) in [5.41, 5.74) is 0.143. The summed E-state index contributed by atoms with van der Waals surface area (Å²) in [5.74, 6) is -0.995. The van der Waals surface area contributed by atoms with Crippen LogP contribution in [0.5, 0.6) is 0 Å². The van der Waals surface area contributed by atoms with E-state index in [0.717, 1.165) is 0 Å². The molecule has 0 radical (unpaired) electrons. The van der Waals surface area contributed by atoms with Gasteiger partial charge in [0, 0.05) is 0 Å². The van der Waals surface area contributed by atoms with Crippen LogP contribution in [0.4, 0.5) is 0 Å². The number of hydrogen-bond donors (Lipinski definition) is 2. The first-order valence-corrected chi connectivity index (χ1v) is 3.07. The molecule has 0 aliphatic heterocycles. The van der Waals surface area contributed by atoms with Gasteiger partial charge in [-0.2, -0.15) is 0 Å². The van der Waals surface area contributed by atoms with Crippen molar-refractivity contribution in [2.75, 3.05) is 0 Å². The molecule has 0 spiro atoms. The second-order valence-electron chi connectivity index (χ2n) is 1.78. The predicted octanol–water partition coefficient (Wildman–Crippen LogP) is 2.20. The van der Waals surface area contributed by atoms with Gasteiger partial charge in [-0.15, -0.1) is 0 Å². The second-order valence-corrected chi connectivity index (χ2v) is 2.19. The molecule has 0 heterocycles. The first kappa shape index (κ1) is 9.94. The summed E-state index contributed by atoms with van der Waals surface area (Å²) in [5, 5.41) is 8.75. The van der Waals surface area contributed by atoms with Crippen LogP contribution in [-0.2, 0) is 0 Å². The third kappa shape index (κ3) is 2.22. The molecular weight excluding hydrogens is 166 g/mol. The van der Waals surface area contributed by atoms with Gasteiger partial charge < -0.3 is 11.3 Å². The zero-order valence-corrected chi connectivity index (χ0v) is 6.51. The van der Waals surface area contributed by atoms with Crippen LogP contribution in [0.3, 0.4) is 0 Å². The number of hydrogen-bond acceptors (Lipinski definition) is 2. The Kier molecular flexibility index (Phi) is 3.57. The van der Waals surface area contributed by atoms with Gasteiger partial charge in [0.25, 0.3) is 0 Å². The lowest BCUT2D eigenvalue weighted by molar-refractivity contribution is 0.0697. The fourth-order valence-electron chi connectivity index (χ4n) is 0.635. The van der Waals surface area contributed by atoms with Crippen molar-refractivity contribution >= 4 is 17.6 Å². The quantitative estimate of drug-likeness (QED) is 0.684. The Hall–Kier alpha value is -1.06. The Morgan fingerprint density at radius 2 is 1.91 bits per heavy atom. The number of carboxylic acids is 1. The molecule has 11 heavy (non-hydrogen) atoms. The largest absolute Gasteiger partial charge is 0.478 e. The minimum atomic E-state index is -0.995. The summed E-state index contributed by atoms with van der Waals surface area (Å²) in [7, 11) is 0. The predicted molar refractivity (Wildman–Crippen MR) is 43.4 cm³/mol. The zero-order valence-electron chi connectivity index (χ0n) is 5.75. The van der Waals surface area contributed by atoms with E-state index in [4.69, 9.17) is 16.7 Å². The van der Waals surface area contributed by atoms with E-state index in [2.05, 4.69) is 0 Å². The van der Waals surface area contributed by atoms with Crippen LogP contribution >= 0.6 is 11.6 Å². The average Bonchev–Trinajstić information content (AvgIpc) is 1.88. The van der Waals surface area contributed by atoms with Crippen LogP contribution in [0.25, 0.3) is 0 Å². The summed E-state index contributed by atoms with van der Waals surface area (Å²) in [6, 6.07) is 6.33. The van der Waals surface area contributed by atoms with Crippen LogP contribution in [0.1, 0.15) is 10.4 Å². The van der Waals surface area contributed by atoms with Crippen molar-refractivity contribution in [2.45, 2.75) is 0 Å². The van der Waals surface area contributed by atoms with Crippen molar-refractivity contribution in [3.05, 3.63) is 34.9 Å². The molecule has 0 aliphatic rings. The third-order valence-corrected chi connectivity index (χ3v) is 1.43. The van der Waals surface area contributed by atoms with Crippen LogP contribution < -0.4 is 6.15 Å². The lowest BCUT2D eigenvalue weighted by atomic mass is 10.2. The fourth-order valence-corrected chi connectivity index (χ4v) is 0.851. The molecule has 0 atom stereocenters. The van der Waals surface area contributed by atoms with Gasteiger partial charge in [-0.05, 0) is 12.1 Å². The van der Waals surface area contributed by atoms with E-state index in [1.165, 1.54) is 6.07 Å². The van der Waals surface area contributed by atoms with Crippen molar-refractivity contribution in [2.24, 2.45) is 0 Å². The summed E-state index contributed by atoms with van der Waals surface area (Å²) < 4.78 is 0. The highest BCUT2D eigenvalue weighted by Gasteiger charge is 2.04. The molecule has 0 unspecified atom stereocenters. The topological polar surface area (TPSA) is 72.3 Å². The summed E-state index contributed by atoms with van der Waals surface area (Å²) in [4.78, 5) is 10.3. The molecule has 3 nitrogen and oxygen atoms in total. The Labute approximate surface area is 69.2 Å². The van der Waals surface area contributed by atoms with Crippen molar-refractivity contribution < 1.29 is 9.90 Å². The number of carboxylic acid groups (broad SMARTS) is 1. The molecule has 1 rings (SSSR count). The van der Waals surface area contributed by atoms with E-state index in [9.17, 15) is 4.79 Å². The molecule has 0 fully saturated rings. The van der Waals surface area contributed by atoms with Gasteiger partial charge in [0.05, 0.1) is 10.6 Å². The van der Waals surface area contributed by atoms with Gasteiger partial charge in [-0.1, -0.05) is 23.7 Å². The second kappa shape index (κ2) is 3.95. The molecule has 60 valence electrons. The first-order valence-electron chi connectivity index (χ1n) is 2.69. The number of rotatable bonds is 1. The lowest BCUT2D eigenvalue weighted by Gasteiger charge is -1.94. The van der Waals surface area contributed by atoms with E-state index in [1.807, 2.05) is 0 Å². The molecule has 0 saturated carbocycles. The Balaban J connectivity index is 0.000001000. The van der Waals surface area contributed by atoms with E-state index in [0.29, 0.717) is 0 Å². The lowest BCUT2D eigenvalue weighted by Crippen LogP contribution is -1.95. The summed E-state index contributed by atoms with van der Waals surface area (Å²) in [6.45, 7) is 0. The highest BCUT2D eigenvalue weighted by Crippen LogP contribution is 2.13. The van der Waals surface area contributed by atoms with Gasteiger partial charge in [-0.3, -0.25) is 0 Å². The van der Waals surface area contributed by atoms with Crippen molar-refractivity contribution in [3.8, 4) is 0 Å². The average molecular weight is 174 g/mol. The molecule has 0 amide bonds. The van der Waals surface area contributed by atoms with Crippen molar-refractivity contribution in [1.82, 2.24) is 6.15 Å². The minimum Gasteiger partial charge on any atom is -0.478 e. The smallest absolute Gasteiger partial charge is 0.337 e. The highest BCUT2D eigenvalue weighted by atomic mass is 35.5. The van der Waals surface area contributed by atoms with Crippen LogP contribution in [-0.4, -0.2) is 11.1 Å². The monoisotopic (exact) mass is 173 g/mol. The highest BCUT2D eigenvalue weighted by molar-refractivity contribution is 6.33. The van der Waals surface area contributed by atoms with Crippen molar-refractivity contribution in [1.29, 1.82) is 0 Å². The maximum Gasteiger partial charge on any atom is 0.337 e. The van der Waals surface area contributed by atoms with Crippen molar-refractivity contribution in [3.63, 3.8) is 0 Å². The van der Waals surface area contributed by atoms with Gasteiger partial charge >= 0.3 is 5.97 Å². The molecule has 0 bridgehead atoms. The number of aromatic carboxylic acids is 1. The Morgan fingerprint density at radius 3 is 2.27 bits per heavy atom. The van der Waals surface area contributed by atoms with Gasteiger partial charge in [0.2, 0.25) is 0 Å². The standard InChI is InChI=1S/C7H5ClO2.H3N/c8-6-4-2-1-3-5(6)7(9)10;/h1-4H,(H,9,10);1H3. The molecule has 0 aliphatic carbocycles.